The van der Waals surface area contributed by atoms with Crippen molar-refractivity contribution in [2.75, 3.05) is 13.2 Å². The Morgan fingerprint density at radius 1 is 1.45 bits per heavy atom. The van der Waals surface area contributed by atoms with Crippen LogP contribution in [0.4, 0.5) is 4.39 Å². The van der Waals surface area contributed by atoms with Gasteiger partial charge in [-0.3, -0.25) is 4.79 Å². The van der Waals surface area contributed by atoms with Crippen LogP contribution in [0.1, 0.15) is 30.7 Å². The number of halogens is 2. The summed E-state index contributed by atoms with van der Waals surface area (Å²) in [5, 5.41) is 9.03. The fraction of sp³-hybridized carbons (Fsp3) is 0.500. The van der Waals surface area contributed by atoms with Crippen LogP contribution in [-0.4, -0.2) is 24.3 Å². The molecule has 0 aromatic heterocycles. The predicted octanol–water partition coefficient (Wildman–Crippen LogP) is 3.33. The molecule has 108 valence electrons. The van der Waals surface area contributed by atoms with Crippen LogP contribution in [0.2, 0.25) is 0 Å². The SMILES string of the molecule is O=C(O)CC(c1cc2c(c(Br)c1F)OCCO2)C1CC1. The Hall–Kier alpha value is -1.30. The second kappa shape index (κ2) is 5.24. The number of rotatable bonds is 4. The quantitative estimate of drug-likeness (QED) is 0.910. The molecule has 20 heavy (non-hydrogen) atoms. The van der Waals surface area contributed by atoms with E-state index in [9.17, 15) is 9.18 Å². The van der Waals surface area contributed by atoms with E-state index in [2.05, 4.69) is 15.9 Å². The lowest BCUT2D eigenvalue weighted by molar-refractivity contribution is -0.137. The summed E-state index contributed by atoms with van der Waals surface area (Å²) in [6.07, 6.45) is 1.83. The highest BCUT2D eigenvalue weighted by atomic mass is 79.9. The minimum Gasteiger partial charge on any atom is -0.486 e. The molecule has 1 aliphatic carbocycles. The van der Waals surface area contributed by atoms with E-state index in [1.54, 1.807) is 6.07 Å². The molecule has 1 aliphatic heterocycles. The molecule has 0 amide bonds. The van der Waals surface area contributed by atoms with Gasteiger partial charge in [0.25, 0.3) is 0 Å². The number of carboxylic acid groups (broad SMARTS) is 1. The van der Waals surface area contributed by atoms with Gasteiger partial charge in [-0.15, -0.1) is 0 Å². The first-order chi connectivity index (χ1) is 9.58. The van der Waals surface area contributed by atoms with Crippen LogP contribution >= 0.6 is 15.9 Å². The van der Waals surface area contributed by atoms with Crippen LogP contribution in [0.25, 0.3) is 0 Å². The van der Waals surface area contributed by atoms with E-state index in [1.807, 2.05) is 0 Å². The molecule has 1 atom stereocenters. The van der Waals surface area contributed by atoms with Crippen LogP contribution in [0, 0.1) is 11.7 Å². The molecule has 1 unspecified atom stereocenters. The standard InChI is InChI=1S/C14H14BrFO4/c15-12-13(16)9(5-10-14(12)20-4-3-19-10)8(6-11(17)18)7-1-2-7/h5,7-8H,1-4,6H2,(H,17,18). The van der Waals surface area contributed by atoms with Gasteiger partial charge in [-0.2, -0.15) is 0 Å². The van der Waals surface area contributed by atoms with Crippen molar-refractivity contribution in [2.24, 2.45) is 5.92 Å². The molecule has 0 spiro atoms. The van der Waals surface area contributed by atoms with Gasteiger partial charge in [0.15, 0.2) is 11.5 Å². The number of carboxylic acids is 1. The van der Waals surface area contributed by atoms with Crippen molar-refractivity contribution in [3.63, 3.8) is 0 Å². The molecule has 2 aliphatic rings. The van der Waals surface area contributed by atoms with Crippen LogP contribution in [0.15, 0.2) is 10.5 Å². The van der Waals surface area contributed by atoms with Crippen molar-refractivity contribution in [1.82, 2.24) is 0 Å². The lowest BCUT2D eigenvalue weighted by Gasteiger charge is -2.23. The topological polar surface area (TPSA) is 55.8 Å². The Morgan fingerprint density at radius 2 is 2.15 bits per heavy atom. The first kappa shape index (κ1) is 13.7. The van der Waals surface area contributed by atoms with Gasteiger partial charge in [0, 0.05) is 5.92 Å². The molecule has 1 fully saturated rings. The highest BCUT2D eigenvalue weighted by molar-refractivity contribution is 9.10. The number of hydrogen-bond donors (Lipinski definition) is 1. The van der Waals surface area contributed by atoms with Crippen molar-refractivity contribution >= 4 is 21.9 Å². The number of hydrogen-bond acceptors (Lipinski definition) is 3. The summed E-state index contributed by atoms with van der Waals surface area (Å²) in [6, 6.07) is 1.60. The third-order valence-electron chi connectivity index (χ3n) is 3.73. The summed E-state index contributed by atoms with van der Waals surface area (Å²) in [5.41, 5.74) is 0.408. The van der Waals surface area contributed by atoms with Gasteiger partial charge in [0.2, 0.25) is 0 Å². The summed E-state index contributed by atoms with van der Waals surface area (Å²) in [5.74, 6) is -0.563. The maximum atomic E-state index is 14.5. The van der Waals surface area contributed by atoms with Crippen molar-refractivity contribution in [3.05, 3.63) is 21.9 Å². The van der Waals surface area contributed by atoms with Crippen molar-refractivity contribution in [1.29, 1.82) is 0 Å². The van der Waals surface area contributed by atoms with Crippen molar-refractivity contribution < 1.29 is 23.8 Å². The fourth-order valence-corrected chi connectivity index (χ4v) is 3.17. The zero-order valence-corrected chi connectivity index (χ0v) is 12.3. The highest BCUT2D eigenvalue weighted by Gasteiger charge is 2.37. The molecule has 1 aromatic rings. The fourth-order valence-electron chi connectivity index (χ4n) is 2.63. The van der Waals surface area contributed by atoms with Gasteiger partial charge in [0.05, 0.1) is 10.9 Å². The van der Waals surface area contributed by atoms with E-state index in [0.717, 1.165) is 12.8 Å². The maximum Gasteiger partial charge on any atom is 0.303 e. The third kappa shape index (κ3) is 2.49. The van der Waals surface area contributed by atoms with Gasteiger partial charge in [-0.1, -0.05) is 0 Å². The van der Waals surface area contributed by atoms with E-state index in [1.165, 1.54) is 0 Å². The molecule has 4 nitrogen and oxygen atoms in total. The molecule has 1 heterocycles. The number of benzene rings is 1. The molecular formula is C14H14BrFO4. The molecule has 0 radical (unpaired) electrons. The lowest BCUT2D eigenvalue weighted by atomic mass is 9.90. The lowest BCUT2D eigenvalue weighted by Crippen LogP contribution is -2.18. The summed E-state index contributed by atoms with van der Waals surface area (Å²) in [4.78, 5) is 11.0. The van der Waals surface area contributed by atoms with E-state index >= 15 is 0 Å². The molecule has 1 N–H and O–H groups in total. The first-order valence-electron chi connectivity index (χ1n) is 6.57. The zero-order valence-electron chi connectivity index (χ0n) is 10.7. The number of carbonyl (C=O) groups is 1. The zero-order chi connectivity index (χ0) is 14.3. The van der Waals surface area contributed by atoms with Gasteiger partial charge in [-0.25, -0.2) is 4.39 Å². The summed E-state index contributed by atoms with van der Waals surface area (Å²) in [6.45, 7) is 0.795. The van der Waals surface area contributed by atoms with Crippen LogP contribution < -0.4 is 9.47 Å². The molecule has 0 saturated heterocycles. The Morgan fingerprint density at radius 3 is 2.80 bits per heavy atom. The first-order valence-corrected chi connectivity index (χ1v) is 7.36. The summed E-state index contributed by atoms with van der Waals surface area (Å²) in [7, 11) is 0. The second-order valence-electron chi connectivity index (χ2n) is 5.16. The van der Waals surface area contributed by atoms with Crippen molar-refractivity contribution in [3.8, 4) is 11.5 Å². The Kier molecular flexibility index (Phi) is 3.58. The van der Waals surface area contributed by atoms with Gasteiger partial charge < -0.3 is 14.6 Å². The Balaban J connectivity index is 2.03. The molecule has 6 heteroatoms. The maximum absolute atomic E-state index is 14.5. The monoisotopic (exact) mass is 344 g/mol. The second-order valence-corrected chi connectivity index (χ2v) is 5.95. The smallest absolute Gasteiger partial charge is 0.303 e. The average molecular weight is 345 g/mol. The minimum atomic E-state index is -0.910. The van der Waals surface area contributed by atoms with E-state index in [-0.39, 0.29) is 22.7 Å². The predicted molar refractivity (Wildman–Crippen MR) is 72.8 cm³/mol. The van der Waals surface area contributed by atoms with Crippen LogP contribution in [-0.2, 0) is 4.79 Å². The summed E-state index contributed by atoms with van der Waals surface area (Å²) >= 11 is 3.19. The van der Waals surface area contributed by atoms with E-state index in [4.69, 9.17) is 14.6 Å². The van der Waals surface area contributed by atoms with Crippen LogP contribution in [0.5, 0.6) is 11.5 Å². The van der Waals surface area contributed by atoms with Gasteiger partial charge >= 0.3 is 5.97 Å². The number of fused-ring (bicyclic) bond motifs is 1. The van der Waals surface area contributed by atoms with Gasteiger partial charge in [0.1, 0.15) is 19.0 Å². The molecule has 0 bridgehead atoms. The Labute approximate surface area is 124 Å². The molecule has 1 saturated carbocycles. The minimum absolute atomic E-state index is 0.0618. The summed E-state index contributed by atoms with van der Waals surface area (Å²) < 4.78 is 25.6. The third-order valence-corrected chi connectivity index (χ3v) is 4.44. The average Bonchev–Trinajstić information content (AvgIpc) is 3.25. The highest BCUT2D eigenvalue weighted by Crippen LogP contribution is 2.49. The molecule has 3 rings (SSSR count). The molecule has 1 aromatic carbocycles. The van der Waals surface area contributed by atoms with Crippen molar-refractivity contribution in [2.45, 2.75) is 25.2 Å². The number of ether oxygens (including phenoxy) is 2. The van der Waals surface area contributed by atoms with E-state index < -0.39 is 11.8 Å². The number of aliphatic carboxylic acids is 1. The van der Waals surface area contributed by atoms with Crippen LogP contribution in [0.3, 0.4) is 0 Å². The largest absolute Gasteiger partial charge is 0.486 e. The normalized spacial score (nSPS) is 18.7. The molecular weight excluding hydrogens is 331 g/mol. The van der Waals surface area contributed by atoms with E-state index in [0.29, 0.717) is 30.3 Å². The Bertz CT molecular complexity index is 557. The van der Waals surface area contributed by atoms with Gasteiger partial charge in [-0.05, 0) is 46.3 Å².